The van der Waals surface area contributed by atoms with E-state index in [1.54, 1.807) is 21.3 Å². The van der Waals surface area contributed by atoms with Gasteiger partial charge in [0.1, 0.15) is 5.75 Å². The largest absolute Gasteiger partial charge is 0.496 e. The summed E-state index contributed by atoms with van der Waals surface area (Å²) in [5.74, 6) is 2.08. The van der Waals surface area contributed by atoms with Crippen LogP contribution >= 0.6 is 11.6 Å². The summed E-state index contributed by atoms with van der Waals surface area (Å²) < 4.78 is 16.0. The van der Waals surface area contributed by atoms with E-state index < -0.39 is 0 Å². The molecule has 0 saturated carbocycles. The monoisotopic (exact) mass is 321 g/mol. The quantitative estimate of drug-likeness (QED) is 0.845. The van der Waals surface area contributed by atoms with Gasteiger partial charge in [-0.25, -0.2) is 0 Å². The normalized spacial score (nSPS) is 10.4. The fourth-order valence-corrected chi connectivity index (χ4v) is 2.41. The molecule has 118 valence electrons. The Morgan fingerprint density at radius 1 is 0.818 bits per heavy atom. The van der Waals surface area contributed by atoms with Crippen LogP contribution in [0.25, 0.3) is 0 Å². The SMILES string of the molecule is COc1cc(OC)c(OC)cc1CNCc1ccccc1Cl. The molecular formula is C17H20ClNO3. The van der Waals surface area contributed by atoms with Crippen LogP contribution in [0.4, 0.5) is 0 Å². The molecule has 0 aliphatic rings. The molecule has 0 bridgehead atoms. The summed E-state index contributed by atoms with van der Waals surface area (Å²) in [6, 6.07) is 11.5. The standard InChI is InChI=1S/C17H20ClNO3/c1-20-15-9-17(22-3)16(21-2)8-13(15)11-19-10-12-6-4-5-7-14(12)18/h4-9,19H,10-11H2,1-3H3. The number of methoxy groups -OCH3 is 3. The lowest BCUT2D eigenvalue weighted by Crippen LogP contribution is -2.14. The first-order chi connectivity index (χ1) is 10.7. The molecule has 0 aliphatic heterocycles. The Morgan fingerprint density at radius 2 is 1.41 bits per heavy atom. The average Bonchev–Trinajstić information content (AvgIpc) is 2.56. The topological polar surface area (TPSA) is 39.7 Å². The third-order valence-corrected chi connectivity index (χ3v) is 3.74. The maximum atomic E-state index is 6.15. The van der Waals surface area contributed by atoms with Crippen molar-refractivity contribution in [2.75, 3.05) is 21.3 Å². The second-order valence-corrected chi connectivity index (χ2v) is 5.12. The third kappa shape index (κ3) is 3.84. The average molecular weight is 322 g/mol. The van der Waals surface area contributed by atoms with Crippen molar-refractivity contribution in [3.63, 3.8) is 0 Å². The second-order valence-electron chi connectivity index (χ2n) is 4.71. The van der Waals surface area contributed by atoms with E-state index in [0.717, 1.165) is 21.9 Å². The van der Waals surface area contributed by atoms with Crippen molar-refractivity contribution in [1.82, 2.24) is 5.32 Å². The van der Waals surface area contributed by atoms with Gasteiger partial charge in [-0.05, 0) is 17.7 Å². The fraction of sp³-hybridized carbons (Fsp3) is 0.294. The predicted octanol–water partition coefficient (Wildman–Crippen LogP) is 3.66. The van der Waals surface area contributed by atoms with Crippen LogP contribution in [0, 0.1) is 0 Å². The van der Waals surface area contributed by atoms with Gasteiger partial charge in [0.25, 0.3) is 0 Å². The van der Waals surface area contributed by atoms with Crippen molar-refractivity contribution < 1.29 is 14.2 Å². The minimum atomic E-state index is 0.634. The summed E-state index contributed by atoms with van der Waals surface area (Å²) in [5.41, 5.74) is 2.05. The Kier molecular flexibility index (Phi) is 5.92. The molecule has 22 heavy (non-hydrogen) atoms. The second kappa shape index (κ2) is 7.92. The first kappa shape index (κ1) is 16.5. The molecule has 0 fully saturated rings. The van der Waals surface area contributed by atoms with Gasteiger partial charge in [-0.1, -0.05) is 29.8 Å². The molecule has 2 aromatic rings. The van der Waals surface area contributed by atoms with Gasteiger partial charge in [0.15, 0.2) is 11.5 Å². The first-order valence-electron chi connectivity index (χ1n) is 6.92. The summed E-state index contributed by atoms with van der Waals surface area (Å²) in [6.07, 6.45) is 0. The predicted molar refractivity (Wildman–Crippen MR) is 88.1 cm³/mol. The van der Waals surface area contributed by atoms with Gasteiger partial charge in [-0.3, -0.25) is 0 Å². The van der Waals surface area contributed by atoms with Gasteiger partial charge >= 0.3 is 0 Å². The van der Waals surface area contributed by atoms with E-state index in [4.69, 9.17) is 25.8 Å². The number of hydrogen-bond acceptors (Lipinski definition) is 4. The van der Waals surface area contributed by atoms with Crippen LogP contribution in [0.3, 0.4) is 0 Å². The van der Waals surface area contributed by atoms with Crippen LogP contribution in [-0.4, -0.2) is 21.3 Å². The van der Waals surface area contributed by atoms with E-state index >= 15 is 0 Å². The van der Waals surface area contributed by atoms with Gasteiger partial charge in [-0.15, -0.1) is 0 Å². The molecule has 0 radical (unpaired) electrons. The Morgan fingerprint density at radius 3 is 2.05 bits per heavy atom. The van der Waals surface area contributed by atoms with E-state index in [1.165, 1.54) is 0 Å². The maximum absolute atomic E-state index is 6.15. The molecule has 0 aromatic heterocycles. The molecule has 0 aliphatic carbocycles. The van der Waals surface area contributed by atoms with Gasteiger partial charge in [0, 0.05) is 29.7 Å². The van der Waals surface area contributed by atoms with Crippen LogP contribution in [-0.2, 0) is 13.1 Å². The molecule has 0 unspecified atom stereocenters. The van der Waals surface area contributed by atoms with Crippen LogP contribution in [0.1, 0.15) is 11.1 Å². The van der Waals surface area contributed by atoms with Crippen molar-refractivity contribution >= 4 is 11.6 Å². The number of hydrogen-bond donors (Lipinski definition) is 1. The number of ether oxygens (including phenoxy) is 3. The molecular weight excluding hydrogens is 302 g/mol. The summed E-state index contributed by atoms with van der Waals surface area (Å²) in [7, 11) is 4.86. The van der Waals surface area contributed by atoms with E-state index in [9.17, 15) is 0 Å². The smallest absolute Gasteiger partial charge is 0.164 e. The zero-order chi connectivity index (χ0) is 15.9. The van der Waals surface area contributed by atoms with Crippen molar-refractivity contribution in [3.8, 4) is 17.2 Å². The van der Waals surface area contributed by atoms with Crippen molar-refractivity contribution in [2.24, 2.45) is 0 Å². The Bertz CT molecular complexity index is 631. The van der Waals surface area contributed by atoms with E-state index in [-0.39, 0.29) is 0 Å². The maximum Gasteiger partial charge on any atom is 0.164 e. The summed E-state index contributed by atoms with van der Waals surface area (Å²) in [5, 5.41) is 4.12. The molecule has 0 heterocycles. The van der Waals surface area contributed by atoms with Gasteiger partial charge in [-0.2, -0.15) is 0 Å². The lowest BCUT2D eigenvalue weighted by atomic mass is 10.1. The highest BCUT2D eigenvalue weighted by Gasteiger charge is 2.11. The van der Waals surface area contributed by atoms with Crippen molar-refractivity contribution in [1.29, 1.82) is 0 Å². The minimum Gasteiger partial charge on any atom is -0.496 e. The minimum absolute atomic E-state index is 0.634. The molecule has 0 spiro atoms. The summed E-state index contributed by atoms with van der Waals surface area (Å²) in [4.78, 5) is 0. The van der Waals surface area contributed by atoms with E-state index in [2.05, 4.69) is 5.32 Å². The van der Waals surface area contributed by atoms with Crippen LogP contribution in [0.2, 0.25) is 5.02 Å². The summed E-state index contributed by atoms with van der Waals surface area (Å²) >= 11 is 6.15. The molecule has 0 amide bonds. The van der Waals surface area contributed by atoms with E-state index in [1.807, 2.05) is 36.4 Å². The number of nitrogens with one attached hydrogen (secondary N) is 1. The number of benzene rings is 2. The lowest BCUT2D eigenvalue weighted by Gasteiger charge is -2.14. The van der Waals surface area contributed by atoms with E-state index in [0.29, 0.717) is 24.6 Å². The van der Waals surface area contributed by atoms with Gasteiger partial charge in [0.2, 0.25) is 0 Å². The molecule has 2 rings (SSSR count). The Balaban J connectivity index is 2.10. The highest BCUT2D eigenvalue weighted by molar-refractivity contribution is 6.31. The molecule has 5 heteroatoms. The van der Waals surface area contributed by atoms with Gasteiger partial charge in [0.05, 0.1) is 21.3 Å². The van der Waals surface area contributed by atoms with Crippen LogP contribution in [0.5, 0.6) is 17.2 Å². The zero-order valence-electron chi connectivity index (χ0n) is 13.0. The molecule has 0 saturated heterocycles. The molecule has 0 atom stereocenters. The number of rotatable bonds is 7. The Hall–Kier alpha value is -1.91. The third-order valence-electron chi connectivity index (χ3n) is 3.38. The van der Waals surface area contributed by atoms with Crippen molar-refractivity contribution in [3.05, 3.63) is 52.5 Å². The number of halogens is 1. The first-order valence-corrected chi connectivity index (χ1v) is 7.30. The van der Waals surface area contributed by atoms with Crippen LogP contribution < -0.4 is 19.5 Å². The zero-order valence-corrected chi connectivity index (χ0v) is 13.7. The van der Waals surface area contributed by atoms with Crippen molar-refractivity contribution in [2.45, 2.75) is 13.1 Å². The Labute approximate surface area is 136 Å². The fourth-order valence-electron chi connectivity index (χ4n) is 2.20. The molecule has 4 nitrogen and oxygen atoms in total. The lowest BCUT2D eigenvalue weighted by molar-refractivity contribution is 0.347. The van der Waals surface area contributed by atoms with Gasteiger partial charge < -0.3 is 19.5 Å². The summed E-state index contributed by atoms with van der Waals surface area (Å²) in [6.45, 7) is 1.31. The van der Waals surface area contributed by atoms with Crippen LogP contribution in [0.15, 0.2) is 36.4 Å². The highest BCUT2D eigenvalue weighted by Crippen LogP contribution is 2.34. The molecule has 1 N–H and O–H groups in total. The molecule has 2 aromatic carbocycles. The highest BCUT2D eigenvalue weighted by atomic mass is 35.5.